The van der Waals surface area contributed by atoms with Gasteiger partial charge in [0.2, 0.25) is 5.95 Å². The Morgan fingerprint density at radius 2 is 1.77 bits per heavy atom. The zero-order valence-electron chi connectivity index (χ0n) is 14.3. The van der Waals surface area contributed by atoms with Crippen LogP contribution in [0.25, 0.3) is 11.3 Å². The Morgan fingerprint density at radius 1 is 0.923 bits per heavy atom. The number of nitrogens with one attached hydrogen (secondary N) is 2. The molecule has 0 aliphatic heterocycles. The van der Waals surface area contributed by atoms with Gasteiger partial charge in [0.15, 0.2) is 0 Å². The molecule has 3 N–H and O–H groups in total. The molecule has 0 bridgehead atoms. The normalized spacial score (nSPS) is 10.5. The fraction of sp³-hybridized carbons (Fsp3) is 0.200. The highest BCUT2D eigenvalue weighted by Crippen LogP contribution is 2.21. The van der Waals surface area contributed by atoms with E-state index in [1.807, 2.05) is 42.5 Å². The van der Waals surface area contributed by atoms with Crippen molar-refractivity contribution in [3.05, 3.63) is 72.0 Å². The quantitative estimate of drug-likeness (QED) is 0.540. The van der Waals surface area contributed by atoms with Crippen LogP contribution in [0, 0.1) is 5.82 Å². The van der Waals surface area contributed by atoms with E-state index in [4.69, 9.17) is 5.11 Å². The van der Waals surface area contributed by atoms with Crippen LogP contribution in [0.2, 0.25) is 0 Å². The fourth-order valence-electron chi connectivity index (χ4n) is 2.49. The summed E-state index contributed by atoms with van der Waals surface area (Å²) in [6.07, 6.45) is 0.616. The Hall–Kier alpha value is -2.99. The van der Waals surface area contributed by atoms with Gasteiger partial charge in [0.25, 0.3) is 0 Å². The zero-order valence-corrected chi connectivity index (χ0v) is 14.3. The first-order valence-electron chi connectivity index (χ1n) is 8.52. The van der Waals surface area contributed by atoms with E-state index in [9.17, 15) is 4.39 Å². The van der Waals surface area contributed by atoms with Gasteiger partial charge in [0, 0.05) is 31.3 Å². The van der Waals surface area contributed by atoms with E-state index in [2.05, 4.69) is 20.6 Å². The van der Waals surface area contributed by atoms with Crippen LogP contribution in [0.4, 0.5) is 16.2 Å². The molecule has 1 heterocycles. The molecule has 1 aromatic heterocycles. The van der Waals surface area contributed by atoms with Crippen LogP contribution in [0.1, 0.15) is 12.0 Å². The maximum Gasteiger partial charge on any atom is 0.225 e. The third-order valence-electron chi connectivity index (χ3n) is 3.78. The molecular weight excluding hydrogens is 331 g/mol. The van der Waals surface area contributed by atoms with Crippen molar-refractivity contribution in [2.75, 3.05) is 23.8 Å². The van der Waals surface area contributed by atoms with Crippen molar-refractivity contribution < 1.29 is 9.50 Å². The van der Waals surface area contributed by atoms with Crippen LogP contribution >= 0.6 is 0 Å². The Bertz CT molecular complexity index is 842. The van der Waals surface area contributed by atoms with E-state index in [-0.39, 0.29) is 12.4 Å². The van der Waals surface area contributed by atoms with Crippen LogP contribution < -0.4 is 10.6 Å². The highest BCUT2D eigenvalue weighted by atomic mass is 19.1. The summed E-state index contributed by atoms with van der Waals surface area (Å²) in [7, 11) is 0. The summed E-state index contributed by atoms with van der Waals surface area (Å²) >= 11 is 0. The predicted octanol–water partition coefficient (Wildman–Crippen LogP) is 3.69. The van der Waals surface area contributed by atoms with Crippen LogP contribution in [0.3, 0.4) is 0 Å². The average molecular weight is 352 g/mol. The average Bonchev–Trinajstić information content (AvgIpc) is 2.67. The number of rotatable bonds is 8. The Labute approximate surface area is 152 Å². The first-order chi connectivity index (χ1) is 12.7. The molecule has 0 spiro atoms. The minimum absolute atomic E-state index is 0.107. The third-order valence-corrected chi connectivity index (χ3v) is 3.78. The largest absolute Gasteiger partial charge is 0.396 e. The Balaban J connectivity index is 1.81. The summed E-state index contributed by atoms with van der Waals surface area (Å²) < 4.78 is 13.3. The van der Waals surface area contributed by atoms with E-state index < -0.39 is 0 Å². The third kappa shape index (κ3) is 5.00. The lowest BCUT2D eigenvalue weighted by Crippen LogP contribution is -2.10. The monoisotopic (exact) mass is 352 g/mol. The number of hydrogen-bond donors (Lipinski definition) is 3. The molecule has 0 saturated heterocycles. The predicted molar refractivity (Wildman–Crippen MR) is 101 cm³/mol. The molecule has 0 atom stereocenters. The molecule has 0 saturated carbocycles. The summed E-state index contributed by atoms with van der Waals surface area (Å²) in [5.41, 5.74) is 2.60. The molecule has 0 aliphatic carbocycles. The zero-order chi connectivity index (χ0) is 18.2. The molecule has 0 unspecified atom stereocenters. The second-order valence-electron chi connectivity index (χ2n) is 5.82. The molecule has 0 radical (unpaired) electrons. The molecule has 0 amide bonds. The minimum atomic E-state index is -0.261. The van der Waals surface area contributed by atoms with Crippen molar-refractivity contribution in [1.82, 2.24) is 9.97 Å². The molecule has 26 heavy (non-hydrogen) atoms. The molecule has 2 aromatic carbocycles. The molecule has 3 rings (SSSR count). The summed E-state index contributed by atoms with van der Waals surface area (Å²) in [4.78, 5) is 9.00. The number of aromatic nitrogens is 2. The van der Waals surface area contributed by atoms with Crippen LogP contribution in [0.5, 0.6) is 0 Å². The second kappa shape index (κ2) is 8.92. The van der Waals surface area contributed by atoms with Crippen LogP contribution in [0.15, 0.2) is 60.7 Å². The molecule has 0 aliphatic rings. The van der Waals surface area contributed by atoms with E-state index in [0.717, 1.165) is 16.8 Å². The minimum Gasteiger partial charge on any atom is -0.396 e. The van der Waals surface area contributed by atoms with Gasteiger partial charge >= 0.3 is 0 Å². The summed E-state index contributed by atoms with van der Waals surface area (Å²) in [5.74, 6) is 0.875. The standard InChI is InChI=1S/C20H21FN4O/c21-17-9-4-6-15(12-17)14-23-19-13-18(16-7-2-1-3-8-16)24-20(25-19)22-10-5-11-26/h1-4,6-9,12-13,26H,5,10-11,14H2,(H2,22,23,24,25). The second-order valence-corrected chi connectivity index (χ2v) is 5.82. The van der Waals surface area contributed by atoms with Crippen LogP contribution in [-0.4, -0.2) is 28.2 Å². The lowest BCUT2D eigenvalue weighted by Gasteiger charge is -2.11. The van der Waals surface area contributed by atoms with Crippen molar-refractivity contribution >= 4 is 11.8 Å². The SMILES string of the molecule is OCCCNc1nc(NCc2cccc(F)c2)cc(-c2ccccc2)n1. The molecular formula is C20H21FN4O. The van der Waals surface area contributed by atoms with Crippen molar-refractivity contribution in [3.8, 4) is 11.3 Å². The van der Waals surface area contributed by atoms with Gasteiger partial charge in [-0.05, 0) is 24.1 Å². The highest BCUT2D eigenvalue weighted by molar-refractivity contribution is 5.64. The van der Waals surface area contributed by atoms with E-state index in [0.29, 0.717) is 31.3 Å². The van der Waals surface area contributed by atoms with Crippen molar-refractivity contribution in [2.45, 2.75) is 13.0 Å². The maximum atomic E-state index is 13.3. The van der Waals surface area contributed by atoms with E-state index in [1.54, 1.807) is 6.07 Å². The number of aliphatic hydroxyl groups excluding tert-OH is 1. The topological polar surface area (TPSA) is 70.1 Å². The molecule has 3 aromatic rings. The first-order valence-corrected chi connectivity index (χ1v) is 8.52. The van der Waals surface area contributed by atoms with Gasteiger partial charge in [-0.2, -0.15) is 4.98 Å². The van der Waals surface area contributed by atoms with Gasteiger partial charge in [0.05, 0.1) is 5.69 Å². The first kappa shape index (κ1) is 17.8. The number of aliphatic hydroxyl groups is 1. The highest BCUT2D eigenvalue weighted by Gasteiger charge is 2.07. The van der Waals surface area contributed by atoms with Gasteiger partial charge in [0.1, 0.15) is 11.6 Å². The van der Waals surface area contributed by atoms with Crippen molar-refractivity contribution in [1.29, 1.82) is 0 Å². The number of benzene rings is 2. The number of anilines is 2. The van der Waals surface area contributed by atoms with Gasteiger partial charge in [-0.1, -0.05) is 42.5 Å². The Kier molecular flexibility index (Phi) is 6.11. The number of halogens is 1. The van der Waals surface area contributed by atoms with Crippen molar-refractivity contribution in [2.24, 2.45) is 0 Å². The van der Waals surface area contributed by atoms with E-state index >= 15 is 0 Å². The number of nitrogens with zero attached hydrogens (tertiary/aromatic N) is 2. The molecule has 6 heteroatoms. The maximum absolute atomic E-state index is 13.3. The summed E-state index contributed by atoms with van der Waals surface area (Å²) in [6, 6.07) is 18.1. The molecule has 134 valence electrons. The van der Waals surface area contributed by atoms with Gasteiger partial charge in [-0.15, -0.1) is 0 Å². The lowest BCUT2D eigenvalue weighted by atomic mass is 10.1. The Morgan fingerprint density at radius 3 is 2.54 bits per heavy atom. The smallest absolute Gasteiger partial charge is 0.225 e. The van der Waals surface area contributed by atoms with Crippen LogP contribution in [-0.2, 0) is 6.54 Å². The van der Waals surface area contributed by atoms with Gasteiger partial charge < -0.3 is 15.7 Å². The molecule has 5 nitrogen and oxygen atoms in total. The summed E-state index contributed by atoms with van der Waals surface area (Å²) in [6.45, 7) is 1.15. The summed E-state index contributed by atoms with van der Waals surface area (Å²) in [5, 5.41) is 15.3. The lowest BCUT2D eigenvalue weighted by molar-refractivity contribution is 0.292. The van der Waals surface area contributed by atoms with Gasteiger partial charge in [-0.25, -0.2) is 9.37 Å². The molecule has 0 fully saturated rings. The van der Waals surface area contributed by atoms with Gasteiger partial charge in [-0.3, -0.25) is 0 Å². The number of hydrogen-bond acceptors (Lipinski definition) is 5. The van der Waals surface area contributed by atoms with E-state index in [1.165, 1.54) is 12.1 Å². The van der Waals surface area contributed by atoms with Crippen molar-refractivity contribution in [3.63, 3.8) is 0 Å². The fourth-order valence-corrected chi connectivity index (χ4v) is 2.49.